The summed E-state index contributed by atoms with van der Waals surface area (Å²) in [4.78, 5) is 26.2. The molecule has 0 unspecified atom stereocenters. The lowest BCUT2D eigenvalue weighted by Crippen LogP contribution is -1.99. The normalized spacial score (nSPS) is 13.4. The molecule has 0 saturated carbocycles. The lowest BCUT2D eigenvalue weighted by atomic mass is 10.1. The minimum absolute atomic E-state index is 0.0125. The van der Waals surface area contributed by atoms with Crippen LogP contribution >= 0.6 is 34.5 Å². The zero-order valence-corrected chi connectivity index (χ0v) is 16.8. The summed E-state index contributed by atoms with van der Waals surface area (Å²) in [7, 11) is 0. The third kappa shape index (κ3) is 3.02. The summed E-state index contributed by atoms with van der Waals surface area (Å²) < 4.78 is 19.8. The smallest absolute Gasteiger partial charge is 0.197 e. The Morgan fingerprint density at radius 1 is 0.897 bits per heavy atom. The van der Waals surface area contributed by atoms with Gasteiger partial charge in [0.2, 0.25) is 0 Å². The van der Waals surface area contributed by atoms with E-state index in [4.69, 9.17) is 27.6 Å². The van der Waals surface area contributed by atoms with Crippen LogP contribution < -0.4 is 0 Å². The fraction of sp³-hybridized carbons (Fsp3) is 0. The fourth-order valence-electron chi connectivity index (χ4n) is 3.27. The van der Waals surface area contributed by atoms with Crippen LogP contribution in [-0.4, -0.2) is 11.6 Å². The Labute approximate surface area is 178 Å². The van der Waals surface area contributed by atoms with Gasteiger partial charge in [0, 0.05) is 28.1 Å². The summed E-state index contributed by atoms with van der Waals surface area (Å²) >= 11 is 13.4. The van der Waals surface area contributed by atoms with Crippen LogP contribution in [0.5, 0.6) is 0 Å². The van der Waals surface area contributed by atoms with E-state index in [1.807, 2.05) is 6.07 Å². The molecular formula is C22H9Cl2FO3S. The molecule has 0 saturated heterocycles. The average molecular weight is 443 g/mol. The molecule has 2 aromatic heterocycles. The first-order valence-corrected chi connectivity index (χ1v) is 10.1. The van der Waals surface area contributed by atoms with Crippen molar-refractivity contribution in [3.05, 3.63) is 86.9 Å². The number of allylic oxidation sites excluding steroid dienone is 1. The number of carbonyl (C=O) groups excluding carboxylic acids is 2. The van der Waals surface area contributed by atoms with E-state index in [1.165, 1.54) is 41.7 Å². The van der Waals surface area contributed by atoms with Gasteiger partial charge in [-0.2, -0.15) is 0 Å². The second kappa shape index (κ2) is 6.66. The van der Waals surface area contributed by atoms with Crippen LogP contribution in [0, 0.1) is 5.82 Å². The summed E-state index contributed by atoms with van der Waals surface area (Å²) in [6.45, 7) is 0. The van der Waals surface area contributed by atoms with Gasteiger partial charge in [-0.25, -0.2) is 4.39 Å². The quantitative estimate of drug-likeness (QED) is 0.246. The highest BCUT2D eigenvalue weighted by Gasteiger charge is 2.34. The Balaban J connectivity index is 1.51. The van der Waals surface area contributed by atoms with Crippen molar-refractivity contribution in [2.75, 3.05) is 0 Å². The van der Waals surface area contributed by atoms with E-state index in [0.29, 0.717) is 11.3 Å². The molecule has 29 heavy (non-hydrogen) atoms. The summed E-state index contributed by atoms with van der Waals surface area (Å²) in [6.07, 6.45) is 1.44. The molecule has 5 rings (SSSR count). The van der Waals surface area contributed by atoms with E-state index < -0.39 is 11.6 Å². The maximum absolute atomic E-state index is 13.1. The first-order chi connectivity index (χ1) is 13.9. The van der Waals surface area contributed by atoms with Crippen LogP contribution in [0.25, 0.3) is 26.8 Å². The van der Waals surface area contributed by atoms with Crippen LogP contribution in [0.3, 0.4) is 0 Å². The third-order valence-corrected chi connectivity index (χ3v) is 6.51. The Bertz CT molecular complexity index is 1290. The molecule has 0 fully saturated rings. The van der Waals surface area contributed by atoms with Crippen molar-refractivity contribution in [2.24, 2.45) is 0 Å². The lowest BCUT2D eigenvalue weighted by molar-refractivity contribution is 0.0990. The summed E-state index contributed by atoms with van der Waals surface area (Å²) in [5, 5.41) is 0.444. The molecule has 7 heteroatoms. The third-order valence-electron chi connectivity index (χ3n) is 4.68. The van der Waals surface area contributed by atoms with Crippen molar-refractivity contribution in [3.63, 3.8) is 0 Å². The highest BCUT2D eigenvalue weighted by atomic mass is 35.5. The number of Topliss-reactive ketones (excluding diaryl/α,β-unsaturated/α-hetero) is 2. The van der Waals surface area contributed by atoms with Crippen molar-refractivity contribution < 1.29 is 18.4 Å². The SMILES string of the molecule is O=C1C(=Cc2cc3sc(-c4ccc(F)cc4)cc3o2)C(=O)c2cc(Cl)c(Cl)cc21. The van der Waals surface area contributed by atoms with Crippen LogP contribution in [0.4, 0.5) is 4.39 Å². The van der Waals surface area contributed by atoms with Gasteiger partial charge in [-0.05, 0) is 35.9 Å². The van der Waals surface area contributed by atoms with Gasteiger partial charge in [0.25, 0.3) is 0 Å². The van der Waals surface area contributed by atoms with Gasteiger partial charge >= 0.3 is 0 Å². The van der Waals surface area contributed by atoms with E-state index in [0.717, 1.165) is 15.1 Å². The molecule has 1 aliphatic rings. The zero-order chi connectivity index (χ0) is 20.3. The number of furan rings is 1. The van der Waals surface area contributed by atoms with Gasteiger partial charge in [-0.3, -0.25) is 9.59 Å². The van der Waals surface area contributed by atoms with Gasteiger partial charge in [0.1, 0.15) is 17.2 Å². The molecule has 2 aromatic carbocycles. The number of carbonyl (C=O) groups is 2. The molecule has 2 heterocycles. The number of hydrogen-bond donors (Lipinski definition) is 0. The minimum atomic E-state index is -0.407. The van der Waals surface area contributed by atoms with E-state index >= 15 is 0 Å². The number of thiophene rings is 1. The Morgan fingerprint density at radius 2 is 1.52 bits per heavy atom. The molecule has 0 atom stereocenters. The monoisotopic (exact) mass is 442 g/mol. The topological polar surface area (TPSA) is 47.3 Å². The maximum Gasteiger partial charge on any atom is 0.197 e. The van der Waals surface area contributed by atoms with Crippen molar-refractivity contribution in [3.8, 4) is 10.4 Å². The average Bonchev–Trinajstić information content (AvgIpc) is 3.31. The second-order valence-electron chi connectivity index (χ2n) is 6.52. The van der Waals surface area contributed by atoms with E-state index in [9.17, 15) is 14.0 Å². The molecule has 0 spiro atoms. The van der Waals surface area contributed by atoms with Gasteiger partial charge in [-0.15, -0.1) is 11.3 Å². The number of fused-ring (bicyclic) bond motifs is 2. The molecule has 0 amide bonds. The Morgan fingerprint density at radius 3 is 2.10 bits per heavy atom. The van der Waals surface area contributed by atoms with E-state index in [-0.39, 0.29) is 32.6 Å². The fourth-order valence-corrected chi connectivity index (χ4v) is 4.63. The summed E-state index contributed by atoms with van der Waals surface area (Å²) in [5.74, 6) is -0.707. The largest absolute Gasteiger partial charge is 0.456 e. The molecule has 0 N–H and O–H groups in total. The highest BCUT2D eigenvalue weighted by molar-refractivity contribution is 7.22. The molecular weight excluding hydrogens is 434 g/mol. The van der Waals surface area contributed by atoms with Crippen molar-refractivity contribution in [2.45, 2.75) is 0 Å². The van der Waals surface area contributed by atoms with Crippen LogP contribution in [0.15, 0.2) is 58.5 Å². The first kappa shape index (κ1) is 18.3. The number of benzene rings is 2. The number of ketones is 2. The van der Waals surface area contributed by atoms with Gasteiger partial charge in [0.15, 0.2) is 11.6 Å². The maximum atomic E-state index is 13.1. The number of rotatable bonds is 2. The van der Waals surface area contributed by atoms with Crippen LogP contribution in [-0.2, 0) is 0 Å². The van der Waals surface area contributed by atoms with Crippen LogP contribution in [0.1, 0.15) is 26.5 Å². The van der Waals surface area contributed by atoms with Crippen molar-refractivity contribution in [1.29, 1.82) is 0 Å². The van der Waals surface area contributed by atoms with E-state index in [2.05, 4.69) is 0 Å². The predicted molar refractivity (Wildman–Crippen MR) is 113 cm³/mol. The molecule has 0 bridgehead atoms. The predicted octanol–water partition coefficient (Wildman–Crippen LogP) is 7.07. The van der Waals surface area contributed by atoms with Gasteiger partial charge in [-0.1, -0.05) is 35.3 Å². The zero-order valence-electron chi connectivity index (χ0n) is 14.5. The Hall–Kier alpha value is -2.73. The van der Waals surface area contributed by atoms with Gasteiger partial charge in [0.05, 0.1) is 20.3 Å². The number of hydrogen-bond acceptors (Lipinski definition) is 4. The minimum Gasteiger partial charge on any atom is -0.456 e. The molecule has 1 aliphatic carbocycles. The lowest BCUT2D eigenvalue weighted by Gasteiger charge is -1.98. The Kier molecular flexibility index (Phi) is 4.21. The highest BCUT2D eigenvalue weighted by Crippen LogP contribution is 2.38. The summed E-state index contributed by atoms with van der Waals surface area (Å²) in [6, 6.07) is 12.6. The van der Waals surface area contributed by atoms with Crippen molar-refractivity contribution in [1.82, 2.24) is 0 Å². The van der Waals surface area contributed by atoms with Gasteiger partial charge < -0.3 is 4.42 Å². The molecule has 142 valence electrons. The number of halogens is 3. The molecule has 0 aliphatic heterocycles. The molecule has 4 aromatic rings. The molecule has 0 radical (unpaired) electrons. The standard InChI is InChI=1S/C22H9Cl2FO3S/c23-16-7-13-14(8-17(16)24)22(27)15(21(13)26)5-12-6-20-18(28-12)9-19(29-20)10-1-3-11(25)4-2-10/h1-9H. The first-order valence-electron chi connectivity index (χ1n) is 8.50. The molecule has 3 nitrogen and oxygen atoms in total. The van der Waals surface area contributed by atoms with E-state index in [1.54, 1.807) is 18.2 Å². The summed E-state index contributed by atoms with van der Waals surface area (Å²) in [5.41, 5.74) is 2.00. The van der Waals surface area contributed by atoms with Crippen molar-refractivity contribution >= 4 is 62.5 Å². The second-order valence-corrected chi connectivity index (χ2v) is 8.42. The van der Waals surface area contributed by atoms with Crippen LogP contribution in [0.2, 0.25) is 10.0 Å².